The Morgan fingerprint density at radius 3 is 2.24 bits per heavy atom. The molecule has 0 atom stereocenters. The first-order valence-electron chi connectivity index (χ1n) is 8.61. The minimum Gasteiger partial charge on any atom is -0.465 e. The molecule has 2 aliphatic rings. The van der Waals surface area contributed by atoms with Crippen LogP contribution >= 0.6 is 0 Å². The molecule has 5 amide bonds. The number of rotatable bonds is 3. The molecule has 3 N–H and O–H groups in total. The first-order valence-corrected chi connectivity index (χ1v) is 8.61. The number of urea groups is 1. The van der Waals surface area contributed by atoms with E-state index >= 15 is 0 Å². The fourth-order valence-electron chi connectivity index (χ4n) is 3.33. The molecule has 2 heterocycles. The molecule has 0 unspecified atom stereocenters. The number of carbonyl (C=O) groups is 4. The summed E-state index contributed by atoms with van der Waals surface area (Å²) in [5, 5.41) is 13.9. The number of benzene rings is 1. The van der Waals surface area contributed by atoms with Gasteiger partial charge in [0.15, 0.2) is 0 Å². The van der Waals surface area contributed by atoms with Crippen molar-refractivity contribution in [1.29, 1.82) is 0 Å². The highest BCUT2D eigenvalue weighted by Gasteiger charge is 2.53. The van der Waals surface area contributed by atoms with E-state index in [1.165, 1.54) is 0 Å². The molecule has 1 spiro atoms. The van der Waals surface area contributed by atoms with Crippen LogP contribution < -0.4 is 10.6 Å². The van der Waals surface area contributed by atoms with Gasteiger partial charge in [0.2, 0.25) is 5.91 Å². The molecule has 156 valence electrons. The van der Waals surface area contributed by atoms with Gasteiger partial charge in [-0.25, -0.2) is 9.59 Å². The normalized spacial score (nSPS) is 18.7. The SMILES string of the molecule is O=C(CN1C(=O)NC2(CCN(C(=O)O)CC2)C1=O)Nc1ccc(C(F)(F)F)cc1. The molecule has 1 aromatic rings. The highest BCUT2D eigenvalue weighted by molar-refractivity contribution is 6.10. The topological polar surface area (TPSA) is 119 Å². The number of likely N-dealkylation sites (tertiary alicyclic amines) is 1. The Morgan fingerprint density at radius 2 is 1.72 bits per heavy atom. The summed E-state index contributed by atoms with van der Waals surface area (Å²) in [7, 11) is 0. The van der Waals surface area contributed by atoms with E-state index in [1.54, 1.807) is 0 Å². The lowest BCUT2D eigenvalue weighted by atomic mass is 9.87. The summed E-state index contributed by atoms with van der Waals surface area (Å²) >= 11 is 0. The number of halogens is 3. The van der Waals surface area contributed by atoms with Crippen LogP contribution in [0, 0.1) is 0 Å². The lowest BCUT2D eigenvalue weighted by Crippen LogP contribution is -2.55. The molecule has 0 radical (unpaired) electrons. The summed E-state index contributed by atoms with van der Waals surface area (Å²) in [6, 6.07) is 2.95. The standard InChI is InChI=1S/C17H17F3N4O5/c18-17(19,20)10-1-3-11(4-2-10)21-12(25)9-24-13(26)16(22-14(24)27)5-7-23(8-6-16)15(28)29/h1-4H,5-9H2,(H,21,25)(H,22,27)(H,28,29). The zero-order valence-electron chi connectivity index (χ0n) is 15.0. The number of alkyl halides is 3. The second kappa shape index (κ2) is 7.26. The van der Waals surface area contributed by atoms with E-state index in [4.69, 9.17) is 5.11 Å². The highest BCUT2D eigenvalue weighted by Crippen LogP contribution is 2.31. The minimum atomic E-state index is -4.51. The molecule has 0 bridgehead atoms. The van der Waals surface area contributed by atoms with Gasteiger partial charge in [-0.1, -0.05) is 0 Å². The number of anilines is 1. The fourth-order valence-corrected chi connectivity index (χ4v) is 3.33. The second-order valence-electron chi connectivity index (χ2n) is 6.80. The fraction of sp³-hybridized carbons (Fsp3) is 0.412. The molecular weight excluding hydrogens is 397 g/mol. The lowest BCUT2D eigenvalue weighted by molar-refractivity contribution is -0.137. The van der Waals surface area contributed by atoms with Gasteiger partial charge in [0, 0.05) is 18.8 Å². The zero-order valence-corrected chi connectivity index (χ0v) is 15.0. The van der Waals surface area contributed by atoms with Crippen LogP contribution in [-0.2, 0) is 15.8 Å². The largest absolute Gasteiger partial charge is 0.465 e. The van der Waals surface area contributed by atoms with Crippen LogP contribution in [0.3, 0.4) is 0 Å². The molecule has 1 aromatic carbocycles. The molecule has 0 aliphatic carbocycles. The van der Waals surface area contributed by atoms with E-state index in [0.29, 0.717) is 0 Å². The molecule has 9 nitrogen and oxygen atoms in total. The average Bonchev–Trinajstić information content (AvgIpc) is 2.86. The lowest BCUT2D eigenvalue weighted by Gasteiger charge is -2.35. The maximum Gasteiger partial charge on any atom is 0.416 e. The predicted molar refractivity (Wildman–Crippen MR) is 91.9 cm³/mol. The minimum absolute atomic E-state index is 0.0624. The monoisotopic (exact) mass is 414 g/mol. The van der Waals surface area contributed by atoms with Crippen molar-refractivity contribution in [1.82, 2.24) is 15.1 Å². The van der Waals surface area contributed by atoms with Crippen molar-refractivity contribution in [2.24, 2.45) is 0 Å². The second-order valence-corrected chi connectivity index (χ2v) is 6.80. The zero-order chi connectivity index (χ0) is 21.4. The Labute approximate surface area is 162 Å². The molecule has 2 fully saturated rings. The van der Waals surface area contributed by atoms with Gasteiger partial charge in [-0.15, -0.1) is 0 Å². The van der Waals surface area contributed by atoms with E-state index in [-0.39, 0.29) is 31.6 Å². The van der Waals surface area contributed by atoms with E-state index in [2.05, 4.69) is 10.6 Å². The van der Waals surface area contributed by atoms with Crippen molar-refractivity contribution in [2.45, 2.75) is 24.6 Å². The number of piperidine rings is 1. The number of amides is 5. The average molecular weight is 414 g/mol. The number of nitrogens with zero attached hydrogens (tertiary/aromatic N) is 2. The van der Waals surface area contributed by atoms with Crippen LogP contribution in [0.2, 0.25) is 0 Å². The molecule has 2 saturated heterocycles. The Morgan fingerprint density at radius 1 is 1.14 bits per heavy atom. The third kappa shape index (κ3) is 4.10. The number of nitrogens with one attached hydrogen (secondary N) is 2. The van der Waals surface area contributed by atoms with Gasteiger partial charge in [-0.05, 0) is 37.1 Å². The van der Waals surface area contributed by atoms with Crippen LogP contribution in [0.25, 0.3) is 0 Å². The van der Waals surface area contributed by atoms with Crippen LogP contribution in [0.1, 0.15) is 18.4 Å². The van der Waals surface area contributed by atoms with E-state index < -0.39 is 47.8 Å². The summed E-state index contributed by atoms with van der Waals surface area (Å²) in [6.45, 7) is -0.490. The highest BCUT2D eigenvalue weighted by atomic mass is 19.4. The van der Waals surface area contributed by atoms with Gasteiger partial charge in [0.25, 0.3) is 5.91 Å². The number of carbonyl (C=O) groups excluding carboxylic acids is 3. The Balaban J connectivity index is 1.61. The number of hydrogen-bond donors (Lipinski definition) is 3. The summed E-state index contributed by atoms with van der Waals surface area (Å²) in [4.78, 5) is 49.9. The summed E-state index contributed by atoms with van der Waals surface area (Å²) in [5.74, 6) is -1.39. The molecule has 29 heavy (non-hydrogen) atoms. The summed E-state index contributed by atoms with van der Waals surface area (Å²) < 4.78 is 37.7. The van der Waals surface area contributed by atoms with Crippen molar-refractivity contribution in [3.8, 4) is 0 Å². The Hall–Kier alpha value is -3.31. The molecule has 0 saturated carbocycles. The molecule has 12 heteroatoms. The summed E-state index contributed by atoms with van der Waals surface area (Å²) in [5.41, 5.74) is -2.05. The van der Waals surface area contributed by atoms with Crippen molar-refractivity contribution >= 4 is 29.6 Å². The number of imide groups is 1. The van der Waals surface area contributed by atoms with Crippen LogP contribution in [0.15, 0.2) is 24.3 Å². The molecule has 0 aromatic heterocycles. The summed E-state index contributed by atoms with van der Waals surface area (Å²) in [6.07, 6.45) is -5.46. The van der Waals surface area contributed by atoms with Gasteiger partial charge in [-0.2, -0.15) is 13.2 Å². The number of hydrogen-bond acceptors (Lipinski definition) is 4. The van der Waals surface area contributed by atoms with E-state index in [0.717, 1.165) is 34.1 Å². The van der Waals surface area contributed by atoms with Crippen LogP contribution in [-0.4, -0.2) is 64.0 Å². The van der Waals surface area contributed by atoms with Gasteiger partial charge >= 0.3 is 18.3 Å². The van der Waals surface area contributed by atoms with Crippen molar-refractivity contribution in [2.75, 3.05) is 25.0 Å². The van der Waals surface area contributed by atoms with Crippen molar-refractivity contribution in [3.05, 3.63) is 29.8 Å². The van der Waals surface area contributed by atoms with Gasteiger partial charge in [0.05, 0.1) is 5.56 Å². The molecule has 2 aliphatic heterocycles. The predicted octanol–water partition coefficient (Wildman–Crippen LogP) is 1.71. The maximum atomic E-state index is 12.7. The number of carboxylic acid groups (broad SMARTS) is 1. The third-order valence-electron chi connectivity index (χ3n) is 4.93. The Bertz CT molecular complexity index is 848. The van der Waals surface area contributed by atoms with Gasteiger partial charge in [0.1, 0.15) is 12.1 Å². The van der Waals surface area contributed by atoms with Crippen molar-refractivity contribution < 1.29 is 37.5 Å². The smallest absolute Gasteiger partial charge is 0.416 e. The van der Waals surface area contributed by atoms with Gasteiger partial charge < -0.3 is 20.6 Å². The van der Waals surface area contributed by atoms with Crippen molar-refractivity contribution in [3.63, 3.8) is 0 Å². The van der Waals surface area contributed by atoms with Crippen LogP contribution in [0.4, 0.5) is 28.4 Å². The molecular formula is C17H17F3N4O5. The molecule has 3 rings (SSSR count). The van der Waals surface area contributed by atoms with Gasteiger partial charge in [-0.3, -0.25) is 14.5 Å². The van der Waals surface area contributed by atoms with Crippen LogP contribution in [0.5, 0.6) is 0 Å². The third-order valence-corrected chi connectivity index (χ3v) is 4.93. The van der Waals surface area contributed by atoms with E-state index in [9.17, 15) is 32.3 Å². The first-order chi connectivity index (χ1) is 13.5. The Kier molecular flexibility index (Phi) is 5.11. The maximum absolute atomic E-state index is 12.7. The van der Waals surface area contributed by atoms with E-state index in [1.807, 2.05) is 0 Å². The quantitative estimate of drug-likeness (QED) is 0.651. The first kappa shape index (κ1) is 20.4.